The fourth-order valence-corrected chi connectivity index (χ4v) is 1.30. The van der Waals surface area contributed by atoms with Gasteiger partial charge in [0, 0.05) is 20.1 Å². The van der Waals surface area contributed by atoms with Crippen molar-refractivity contribution in [1.82, 2.24) is 10.2 Å². The molecule has 2 amide bonds. The third-order valence-corrected chi connectivity index (χ3v) is 2.32. The number of carbonyl (C=O) groups is 2. The van der Waals surface area contributed by atoms with Gasteiger partial charge in [-0.25, -0.2) is 9.59 Å². The molecule has 1 aliphatic carbocycles. The number of hydrogen-bond donors (Lipinski definition) is 2. The standard InChI is InChI=1S/C10H18N2O4/c1-12(6-8-2-3-8)10(15)11-4-5-16-7-9(13)14/h8H,2-7H2,1H3,(H,11,15)(H,13,14). The maximum atomic E-state index is 11.4. The number of carbonyl (C=O) groups excluding carboxylic acids is 1. The van der Waals surface area contributed by atoms with Crippen LogP contribution in [0.2, 0.25) is 0 Å². The molecule has 1 fully saturated rings. The second kappa shape index (κ2) is 6.32. The molecule has 0 aromatic carbocycles. The van der Waals surface area contributed by atoms with Crippen LogP contribution in [0, 0.1) is 5.92 Å². The van der Waals surface area contributed by atoms with Gasteiger partial charge in [-0.3, -0.25) is 0 Å². The van der Waals surface area contributed by atoms with E-state index in [4.69, 9.17) is 9.84 Å². The zero-order chi connectivity index (χ0) is 12.0. The molecule has 0 aromatic heterocycles. The van der Waals surface area contributed by atoms with Gasteiger partial charge in [0.1, 0.15) is 6.61 Å². The number of ether oxygens (including phenoxy) is 1. The van der Waals surface area contributed by atoms with Crippen LogP contribution in [0.1, 0.15) is 12.8 Å². The Morgan fingerprint density at radius 2 is 2.19 bits per heavy atom. The molecule has 16 heavy (non-hydrogen) atoms. The molecule has 0 aromatic rings. The predicted octanol–water partition coefficient (Wildman–Crippen LogP) is 0.139. The number of amides is 2. The van der Waals surface area contributed by atoms with E-state index >= 15 is 0 Å². The number of nitrogens with one attached hydrogen (secondary N) is 1. The highest BCUT2D eigenvalue weighted by molar-refractivity contribution is 5.73. The highest BCUT2D eigenvalue weighted by Gasteiger charge is 2.24. The van der Waals surface area contributed by atoms with Crippen LogP contribution in [-0.4, -0.2) is 55.4 Å². The molecule has 92 valence electrons. The van der Waals surface area contributed by atoms with Gasteiger partial charge in [-0.2, -0.15) is 0 Å². The van der Waals surface area contributed by atoms with Crippen molar-refractivity contribution >= 4 is 12.0 Å². The van der Waals surface area contributed by atoms with Crippen molar-refractivity contribution in [2.45, 2.75) is 12.8 Å². The Kier molecular flexibility index (Phi) is 5.04. The number of hydrogen-bond acceptors (Lipinski definition) is 3. The molecular formula is C10H18N2O4. The van der Waals surface area contributed by atoms with Crippen molar-refractivity contribution < 1.29 is 19.4 Å². The summed E-state index contributed by atoms with van der Waals surface area (Å²) in [6.07, 6.45) is 2.42. The first-order valence-corrected chi connectivity index (χ1v) is 5.38. The summed E-state index contributed by atoms with van der Waals surface area (Å²) in [5.41, 5.74) is 0. The molecule has 1 rings (SSSR count). The molecule has 6 nitrogen and oxygen atoms in total. The summed E-state index contributed by atoms with van der Waals surface area (Å²) in [7, 11) is 1.76. The Balaban J connectivity index is 1.98. The van der Waals surface area contributed by atoms with E-state index < -0.39 is 5.97 Å². The first-order chi connectivity index (χ1) is 7.59. The van der Waals surface area contributed by atoms with Gasteiger partial charge in [-0.15, -0.1) is 0 Å². The summed E-state index contributed by atoms with van der Waals surface area (Å²) in [5.74, 6) is -0.337. The average molecular weight is 230 g/mol. The van der Waals surface area contributed by atoms with Crippen molar-refractivity contribution in [2.75, 3.05) is 33.4 Å². The second-order valence-electron chi connectivity index (χ2n) is 4.00. The highest BCUT2D eigenvalue weighted by atomic mass is 16.5. The molecule has 0 spiro atoms. The topological polar surface area (TPSA) is 78.9 Å². The van der Waals surface area contributed by atoms with E-state index in [1.165, 1.54) is 12.8 Å². The SMILES string of the molecule is CN(CC1CC1)C(=O)NCCOCC(=O)O. The van der Waals surface area contributed by atoms with E-state index in [9.17, 15) is 9.59 Å². The summed E-state index contributed by atoms with van der Waals surface area (Å²) < 4.78 is 4.79. The molecule has 0 bridgehead atoms. The Morgan fingerprint density at radius 1 is 1.50 bits per heavy atom. The van der Waals surface area contributed by atoms with Crippen LogP contribution < -0.4 is 5.32 Å². The Hall–Kier alpha value is -1.30. The molecule has 0 heterocycles. The fraction of sp³-hybridized carbons (Fsp3) is 0.800. The Bertz CT molecular complexity index is 253. The van der Waals surface area contributed by atoms with Crippen molar-refractivity contribution in [3.05, 3.63) is 0 Å². The number of urea groups is 1. The van der Waals surface area contributed by atoms with E-state index in [1.54, 1.807) is 11.9 Å². The Labute approximate surface area is 94.6 Å². The van der Waals surface area contributed by atoms with Gasteiger partial charge in [0.05, 0.1) is 6.61 Å². The van der Waals surface area contributed by atoms with Crippen molar-refractivity contribution in [2.24, 2.45) is 5.92 Å². The number of carboxylic acids is 1. The minimum atomic E-state index is -1.00. The van der Waals surface area contributed by atoms with Crippen LogP contribution in [0.3, 0.4) is 0 Å². The normalized spacial score (nSPS) is 14.6. The molecule has 1 saturated carbocycles. The molecular weight excluding hydrogens is 212 g/mol. The van der Waals surface area contributed by atoms with Gasteiger partial charge in [-0.1, -0.05) is 0 Å². The van der Waals surface area contributed by atoms with E-state index in [-0.39, 0.29) is 19.2 Å². The molecule has 1 aliphatic rings. The van der Waals surface area contributed by atoms with Crippen molar-refractivity contribution in [3.8, 4) is 0 Å². The van der Waals surface area contributed by atoms with E-state index in [0.717, 1.165) is 6.54 Å². The predicted molar refractivity (Wildman–Crippen MR) is 57.2 cm³/mol. The lowest BCUT2D eigenvalue weighted by atomic mass is 10.4. The van der Waals surface area contributed by atoms with Crippen molar-refractivity contribution in [3.63, 3.8) is 0 Å². The summed E-state index contributed by atoms with van der Waals surface area (Å²) in [6.45, 7) is 1.02. The van der Waals surface area contributed by atoms with Gasteiger partial charge in [0.25, 0.3) is 0 Å². The third-order valence-electron chi connectivity index (χ3n) is 2.32. The van der Waals surface area contributed by atoms with Gasteiger partial charge in [-0.05, 0) is 18.8 Å². The number of carboxylic acid groups (broad SMARTS) is 1. The van der Waals surface area contributed by atoms with Gasteiger partial charge in [0.2, 0.25) is 0 Å². The number of rotatable bonds is 7. The fourth-order valence-electron chi connectivity index (χ4n) is 1.30. The Morgan fingerprint density at radius 3 is 2.75 bits per heavy atom. The minimum Gasteiger partial charge on any atom is -0.480 e. The van der Waals surface area contributed by atoms with E-state index in [1.807, 2.05) is 0 Å². The molecule has 0 radical (unpaired) electrons. The lowest BCUT2D eigenvalue weighted by Crippen LogP contribution is -2.39. The maximum absolute atomic E-state index is 11.4. The van der Waals surface area contributed by atoms with Crippen LogP contribution in [0.5, 0.6) is 0 Å². The number of aliphatic carboxylic acids is 1. The highest BCUT2D eigenvalue weighted by Crippen LogP contribution is 2.29. The molecule has 2 N–H and O–H groups in total. The first kappa shape index (κ1) is 12.8. The van der Waals surface area contributed by atoms with Gasteiger partial charge in [0.15, 0.2) is 0 Å². The lowest BCUT2D eigenvalue weighted by Gasteiger charge is -2.17. The number of nitrogens with zero attached hydrogens (tertiary/aromatic N) is 1. The minimum absolute atomic E-state index is 0.133. The average Bonchev–Trinajstić information content (AvgIpc) is 3.00. The first-order valence-electron chi connectivity index (χ1n) is 5.38. The van der Waals surface area contributed by atoms with E-state index in [2.05, 4.69) is 5.32 Å². The van der Waals surface area contributed by atoms with E-state index in [0.29, 0.717) is 12.5 Å². The maximum Gasteiger partial charge on any atom is 0.329 e. The molecule has 0 aliphatic heterocycles. The smallest absolute Gasteiger partial charge is 0.329 e. The second-order valence-corrected chi connectivity index (χ2v) is 4.00. The summed E-state index contributed by atoms with van der Waals surface area (Å²) in [4.78, 5) is 23.2. The third kappa shape index (κ3) is 5.55. The monoisotopic (exact) mass is 230 g/mol. The summed E-state index contributed by atoms with van der Waals surface area (Å²) in [5, 5.41) is 11.0. The quantitative estimate of drug-likeness (QED) is 0.610. The molecule has 0 saturated heterocycles. The van der Waals surface area contributed by atoms with Crippen LogP contribution in [0.25, 0.3) is 0 Å². The molecule has 6 heteroatoms. The lowest BCUT2D eigenvalue weighted by molar-refractivity contribution is -0.142. The van der Waals surface area contributed by atoms with Crippen LogP contribution in [0.4, 0.5) is 4.79 Å². The zero-order valence-corrected chi connectivity index (χ0v) is 9.44. The molecule has 0 atom stereocenters. The summed E-state index contributed by atoms with van der Waals surface area (Å²) in [6, 6.07) is -0.133. The summed E-state index contributed by atoms with van der Waals surface area (Å²) >= 11 is 0. The van der Waals surface area contributed by atoms with Gasteiger partial charge >= 0.3 is 12.0 Å². The largest absolute Gasteiger partial charge is 0.480 e. The van der Waals surface area contributed by atoms with Crippen LogP contribution in [0.15, 0.2) is 0 Å². The van der Waals surface area contributed by atoms with Crippen LogP contribution in [-0.2, 0) is 9.53 Å². The van der Waals surface area contributed by atoms with Crippen molar-refractivity contribution in [1.29, 1.82) is 0 Å². The van der Waals surface area contributed by atoms with Gasteiger partial charge < -0.3 is 20.1 Å². The molecule has 0 unspecified atom stereocenters. The van der Waals surface area contributed by atoms with Crippen LogP contribution >= 0.6 is 0 Å². The zero-order valence-electron chi connectivity index (χ0n) is 9.44.